The molecule has 1 aromatic heterocycles. The average molecular weight is 397 g/mol. The van der Waals surface area contributed by atoms with Gasteiger partial charge in [0, 0.05) is 50.3 Å². The SMILES string of the molecule is CN(C)c1ccc2c(c1)c1cc(N(C)C)ccc1n2-c1ccccc1C(F)(F)F. The second-order valence-electron chi connectivity index (χ2n) is 7.54. The molecule has 0 saturated carbocycles. The lowest BCUT2D eigenvalue weighted by molar-refractivity contribution is -0.137. The zero-order chi connectivity index (χ0) is 20.9. The molecule has 150 valence electrons. The van der Waals surface area contributed by atoms with Crippen LogP contribution in [-0.4, -0.2) is 32.8 Å². The first-order valence-electron chi connectivity index (χ1n) is 9.28. The maximum absolute atomic E-state index is 13.8. The van der Waals surface area contributed by atoms with Crippen LogP contribution >= 0.6 is 0 Å². The lowest BCUT2D eigenvalue weighted by Gasteiger charge is -2.16. The number of fused-ring (bicyclic) bond motifs is 3. The summed E-state index contributed by atoms with van der Waals surface area (Å²) in [5, 5.41) is 1.85. The molecule has 0 unspecified atom stereocenters. The smallest absolute Gasteiger partial charge is 0.378 e. The Bertz CT molecular complexity index is 1140. The summed E-state index contributed by atoms with van der Waals surface area (Å²) in [5.41, 5.74) is 2.98. The highest BCUT2D eigenvalue weighted by molar-refractivity contribution is 6.11. The lowest BCUT2D eigenvalue weighted by Crippen LogP contribution is -2.11. The topological polar surface area (TPSA) is 11.4 Å². The van der Waals surface area contributed by atoms with Gasteiger partial charge >= 0.3 is 6.18 Å². The van der Waals surface area contributed by atoms with E-state index in [2.05, 4.69) is 0 Å². The molecular formula is C23H22F3N3. The van der Waals surface area contributed by atoms with Gasteiger partial charge in [-0.2, -0.15) is 13.2 Å². The fraction of sp³-hybridized carbons (Fsp3) is 0.217. The van der Waals surface area contributed by atoms with Gasteiger partial charge in [-0.05, 0) is 48.5 Å². The van der Waals surface area contributed by atoms with Crippen LogP contribution in [0.5, 0.6) is 0 Å². The Labute approximate surface area is 167 Å². The molecule has 1 heterocycles. The van der Waals surface area contributed by atoms with Crippen LogP contribution in [0.25, 0.3) is 27.5 Å². The van der Waals surface area contributed by atoms with Crippen molar-refractivity contribution < 1.29 is 13.2 Å². The molecule has 0 radical (unpaired) electrons. The van der Waals surface area contributed by atoms with Crippen LogP contribution in [0.15, 0.2) is 60.7 Å². The van der Waals surface area contributed by atoms with Crippen LogP contribution in [0.3, 0.4) is 0 Å². The minimum absolute atomic E-state index is 0.134. The van der Waals surface area contributed by atoms with Gasteiger partial charge in [-0.3, -0.25) is 0 Å². The predicted molar refractivity (Wildman–Crippen MR) is 114 cm³/mol. The molecule has 0 atom stereocenters. The van der Waals surface area contributed by atoms with Crippen molar-refractivity contribution in [3.63, 3.8) is 0 Å². The van der Waals surface area contributed by atoms with Crippen LogP contribution < -0.4 is 9.80 Å². The molecule has 0 spiro atoms. The fourth-order valence-electron chi connectivity index (χ4n) is 3.72. The van der Waals surface area contributed by atoms with Gasteiger partial charge in [0.2, 0.25) is 0 Å². The summed E-state index contributed by atoms with van der Waals surface area (Å²) < 4.78 is 43.0. The van der Waals surface area contributed by atoms with Crippen LogP contribution in [-0.2, 0) is 6.18 Å². The van der Waals surface area contributed by atoms with Crippen LogP contribution in [0.4, 0.5) is 24.5 Å². The number of para-hydroxylation sites is 1. The van der Waals surface area contributed by atoms with Crippen molar-refractivity contribution in [2.45, 2.75) is 6.18 Å². The van der Waals surface area contributed by atoms with E-state index in [9.17, 15) is 13.2 Å². The summed E-state index contributed by atoms with van der Waals surface area (Å²) in [7, 11) is 7.80. The second-order valence-corrected chi connectivity index (χ2v) is 7.54. The molecule has 4 rings (SSSR count). The third-order valence-electron chi connectivity index (χ3n) is 5.22. The molecule has 0 fully saturated rings. The number of hydrogen-bond acceptors (Lipinski definition) is 2. The third-order valence-corrected chi connectivity index (χ3v) is 5.22. The Balaban J connectivity index is 2.14. The van der Waals surface area contributed by atoms with Crippen molar-refractivity contribution in [3.05, 3.63) is 66.2 Å². The largest absolute Gasteiger partial charge is 0.418 e. The van der Waals surface area contributed by atoms with Crippen LogP contribution in [0.1, 0.15) is 5.56 Å². The molecule has 0 amide bonds. The quantitative estimate of drug-likeness (QED) is 0.424. The number of hydrogen-bond donors (Lipinski definition) is 0. The summed E-state index contributed by atoms with van der Waals surface area (Å²) in [5.74, 6) is 0. The first-order chi connectivity index (χ1) is 13.7. The lowest BCUT2D eigenvalue weighted by atomic mass is 10.1. The van der Waals surface area contributed by atoms with E-state index in [1.165, 1.54) is 12.1 Å². The first-order valence-corrected chi connectivity index (χ1v) is 9.28. The van der Waals surface area contributed by atoms with E-state index < -0.39 is 11.7 Å². The normalized spacial score (nSPS) is 12.0. The van der Waals surface area contributed by atoms with E-state index in [1.807, 2.05) is 74.4 Å². The van der Waals surface area contributed by atoms with Crippen LogP contribution in [0.2, 0.25) is 0 Å². The van der Waals surface area contributed by atoms with Crippen LogP contribution in [0, 0.1) is 0 Å². The summed E-state index contributed by atoms with van der Waals surface area (Å²) in [6.07, 6.45) is -4.44. The van der Waals surface area contributed by atoms with E-state index in [1.54, 1.807) is 10.6 Å². The summed E-state index contributed by atoms with van der Waals surface area (Å²) in [6, 6.07) is 17.4. The van der Waals surface area contributed by atoms with Gasteiger partial charge in [0.15, 0.2) is 0 Å². The molecule has 3 aromatic carbocycles. The molecule has 0 aliphatic rings. The Kier molecular flexibility index (Phi) is 4.45. The first kappa shape index (κ1) is 19.2. The molecule has 0 bridgehead atoms. The number of halogens is 3. The molecular weight excluding hydrogens is 375 g/mol. The van der Waals surface area contributed by atoms with Gasteiger partial charge in [0.1, 0.15) is 0 Å². The second kappa shape index (κ2) is 6.72. The molecule has 4 aromatic rings. The summed E-state index contributed by atoms with van der Waals surface area (Å²) in [6.45, 7) is 0. The minimum atomic E-state index is -4.44. The highest BCUT2D eigenvalue weighted by atomic mass is 19.4. The molecule has 6 heteroatoms. The van der Waals surface area contributed by atoms with Crippen molar-refractivity contribution in [2.75, 3.05) is 38.0 Å². The van der Waals surface area contributed by atoms with Gasteiger partial charge in [-0.1, -0.05) is 12.1 Å². The van der Waals surface area contributed by atoms with Crippen molar-refractivity contribution in [1.29, 1.82) is 0 Å². The van der Waals surface area contributed by atoms with E-state index >= 15 is 0 Å². The monoisotopic (exact) mass is 397 g/mol. The molecule has 0 aliphatic heterocycles. The predicted octanol–water partition coefficient (Wildman–Crippen LogP) is 5.93. The highest BCUT2D eigenvalue weighted by Crippen LogP contribution is 2.40. The zero-order valence-corrected chi connectivity index (χ0v) is 16.7. The number of nitrogens with zero attached hydrogens (tertiary/aromatic N) is 3. The number of alkyl halides is 3. The van der Waals surface area contributed by atoms with Crippen molar-refractivity contribution in [1.82, 2.24) is 4.57 Å². The summed E-state index contributed by atoms with van der Waals surface area (Å²) in [4.78, 5) is 3.98. The maximum Gasteiger partial charge on any atom is 0.418 e. The number of aromatic nitrogens is 1. The Morgan fingerprint density at radius 1 is 0.690 bits per heavy atom. The van der Waals surface area contributed by atoms with Crippen molar-refractivity contribution in [2.24, 2.45) is 0 Å². The molecule has 0 aliphatic carbocycles. The van der Waals surface area contributed by atoms with E-state index in [0.29, 0.717) is 0 Å². The Morgan fingerprint density at radius 2 is 1.17 bits per heavy atom. The zero-order valence-electron chi connectivity index (χ0n) is 16.7. The van der Waals surface area contributed by atoms with Gasteiger partial charge in [-0.25, -0.2) is 0 Å². The standard InChI is InChI=1S/C23H22F3N3/c1-27(2)15-9-11-20-17(13-15)18-14-16(28(3)4)10-12-21(18)29(20)22-8-6-5-7-19(22)23(24,25)26/h5-14H,1-4H3. The molecule has 29 heavy (non-hydrogen) atoms. The summed E-state index contributed by atoms with van der Waals surface area (Å²) >= 11 is 0. The third kappa shape index (κ3) is 3.18. The number of rotatable bonds is 3. The average Bonchev–Trinajstić information content (AvgIpc) is 3.00. The van der Waals surface area contributed by atoms with E-state index in [4.69, 9.17) is 0 Å². The Hall–Kier alpha value is -3.15. The number of benzene rings is 3. The fourth-order valence-corrected chi connectivity index (χ4v) is 3.72. The van der Waals surface area contributed by atoms with E-state index in [-0.39, 0.29) is 5.69 Å². The molecule has 3 nitrogen and oxygen atoms in total. The van der Waals surface area contributed by atoms with Crippen molar-refractivity contribution in [3.8, 4) is 5.69 Å². The van der Waals surface area contributed by atoms with Gasteiger partial charge in [0.25, 0.3) is 0 Å². The molecule has 0 N–H and O–H groups in total. The van der Waals surface area contributed by atoms with Crippen molar-refractivity contribution >= 4 is 33.2 Å². The molecule has 0 saturated heterocycles. The maximum atomic E-state index is 13.8. The highest BCUT2D eigenvalue weighted by Gasteiger charge is 2.34. The number of anilines is 2. The van der Waals surface area contributed by atoms with Gasteiger partial charge < -0.3 is 14.4 Å². The minimum Gasteiger partial charge on any atom is -0.378 e. The van der Waals surface area contributed by atoms with E-state index in [0.717, 1.165) is 39.2 Å². The van der Waals surface area contributed by atoms with Gasteiger partial charge in [0.05, 0.1) is 22.3 Å². The van der Waals surface area contributed by atoms with Gasteiger partial charge in [-0.15, -0.1) is 0 Å². The Morgan fingerprint density at radius 3 is 1.62 bits per heavy atom.